The normalized spacial score (nSPS) is 42.5. The Balaban J connectivity index is 1.83. The standard InChI is InChI=1S/C18H26O4/c1-3-12(10-19)13-4-6-17(2)15(5-7-18(17,21)9-13)14-8-16(20)22-11-14/h8,10,12-13,15,21H,3-7,9,11H2,1-2H3/t12-,13?,15-,17-,18+/m1/s1. The van der Waals surface area contributed by atoms with Crippen LogP contribution in [0.25, 0.3) is 0 Å². The highest BCUT2D eigenvalue weighted by Crippen LogP contribution is 2.62. The van der Waals surface area contributed by atoms with Crippen LogP contribution >= 0.6 is 0 Å². The lowest BCUT2D eigenvalue weighted by molar-refractivity contribution is -0.135. The SMILES string of the molecule is CC[C@H](C=O)C1CC[C@]2(C)[C@@H](C3=CC(=O)OC3)CC[C@]2(O)C1. The number of fused-ring (bicyclic) bond motifs is 1. The molecule has 4 nitrogen and oxygen atoms in total. The van der Waals surface area contributed by atoms with Crippen molar-refractivity contribution < 1.29 is 19.4 Å². The number of hydrogen-bond acceptors (Lipinski definition) is 4. The number of hydrogen-bond donors (Lipinski definition) is 1. The van der Waals surface area contributed by atoms with E-state index in [9.17, 15) is 14.7 Å². The molecule has 3 rings (SSSR count). The molecular weight excluding hydrogens is 280 g/mol. The largest absolute Gasteiger partial charge is 0.458 e. The Morgan fingerprint density at radius 3 is 2.82 bits per heavy atom. The van der Waals surface area contributed by atoms with Crippen LogP contribution in [0.5, 0.6) is 0 Å². The number of carbonyl (C=O) groups excluding carboxylic acids is 2. The van der Waals surface area contributed by atoms with E-state index in [-0.39, 0.29) is 29.1 Å². The predicted octanol–water partition coefficient (Wildman–Crippen LogP) is 2.64. The predicted molar refractivity (Wildman–Crippen MR) is 82.0 cm³/mol. The number of aliphatic hydroxyl groups is 1. The van der Waals surface area contributed by atoms with Gasteiger partial charge in [0.2, 0.25) is 0 Å². The molecule has 0 aromatic carbocycles. The second-order valence-corrected chi connectivity index (χ2v) is 7.58. The molecule has 4 heteroatoms. The first-order valence-corrected chi connectivity index (χ1v) is 8.48. The molecule has 0 saturated heterocycles. The van der Waals surface area contributed by atoms with Gasteiger partial charge in [0, 0.05) is 17.4 Å². The minimum absolute atomic E-state index is 0.0585. The van der Waals surface area contributed by atoms with E-state index >= 15 is 0 Å². The molecule has 22 heavy (non-hydrogen) atoms. The highest BCUT2D eigenvalue weighted by molar-refractivity contribution is 5.85. The lowest BCUT2D eigenvalue weighted by Crippen LogP contribution is -2.51. The second kappa shape index (κ2) is 5.48. The Bertz CT molecular complexity index is 511. The van der Waals surface area contributed by atoms with Gasteiger partial charge in [0.1, 0.15) is 12.9 Å². The van der Waals surface area contributed by atoms with E-state index in [0.29, 0.717) is 13.0 Å². The summed E-state index contributed by atoms with van der Waals surface area (Å²) in [5, 5.41) is 11.3. The third-order valence-electron chi connectivity index (χ3n) is 6.70. The third kappa shape index (κ3) is 2.23. The minimum atomic E-state index is -0.719. The van der Waals surface area contributed by atoms with E-state index in [2.05, 4.69) is 6.92 Å². The molecule has 1 aliphatic heterocycles. The molecule has 2 saturated carbocycles. The number of rotatable bonds is 4. The van der Waals surface area contributed by atoms with E-state index < -0.39 is 5.60 Å². The van der Waals surface area contributed by atoms with E-state index in [1.54, 1.807) is 6.08 Å². The van der Waals surface area contributed by atoms with Gasteiger partial charge in [0.25, 0.3) is 0 Å². The van der Waals surface area contributed by atoms with Gasteiger partial charge in [0.05, 0.1) is 5.60 Å². The molecular formula is C18H26O4. The Morgan fingerprint density at radius 1 is 1.45 bits per heavy atom. The average Bonchev–Trinajstić information content (AvgIpc) is 3.01. The van der Waals surface area contributed by atoms with Crippen molar-refractivity contribution in [1.29, 1.82) is 0 Å². The highest BCUT2D eigenvalue weighted by atomic mass is 16.5. The van der Waals surface area contributed by atoms with Crippen LogP contribution in [0.1, 0.15) is 52.4 Å². The van der Waals surface area contributed by atoms with Crippen molar-refractivity contribution in [1.82, 2.24) is 0 Å². The molecule has 5 atom stereocenters. The molecule has 3 aliphatic rings. The maximum Gasteiger partial charge on any atom is 0.331 e. The first kappa shape index (κ1) is 15.7. The summed E-state index contributed by atoms with van der Waals surface area (Å²) in [5.74, 6) is 0.314. The van der Waals surface area contributed by atoms with Crippen LogP contribution in [0.3, 0.4) is 0 Å². The second-order valence-electron chi connectivity index (χ2n) is 7.58. The van der Waals surface area contributed by atoms with Gasteiger partial charge in [-0.3, -0.25) is 0 Å². The fourth-order valence-corrected chi connectivity index (χ4v) is 5.17. The molecule has 122 valence electrons. The molecule has 1 unspecified atom stereocenters. The topological polar surface area (TPSA) is 63.6 Å². The third-order valence-corrected chi connectivity index (χ3v) is 6.70. The fraction of sp³-hybridized carbons (Fsp3) is 0.778. The molecule has 0 amide bonds. The molecule has 0 aromatic rings. The summed E-state index contributed by atoms with van der Waals surface area (Å²) < 4.78 is 5.07. The van der Waals surface area contributed by atoms with Crippen molar-refractivity contribution in [2.45, 2.75) is 58.0 Å². The van der Waals surface area contributed by atoms with Crippen molar-refractivity contribution in [3.63, 3.8) is 0 Å². The quantitative estimate of drug-likeness (QED) is 0.640. The van der Waals surface area contributed by atoms with Crippen LogP contribution in [0.15, 0.2) is 11.6 Å². The fourth-order valence-electron chi connectivity index (χ4n) is 5.17. The number of cyclic esters (lactones) is 1. The number of esters is 1. The molecule has 2 fully saturated rings. The maximum atomic E-state index is 11.4. The molecule has 1 N–H and O–H groups in total. The summed E-state index contributed by atoms with van der Waals surface area (Å²) in [7, 11) is 0. The number of ether oxygens (including phenoxy) is 1. The molecule has 0 aromatic heterocycles. The smallest absolute Gasteiger partial charge is 0.331 e. The monoisotopic (exact) mass is 306 g/mol. The van der Waals surface area contributed by atoms with E-state index in [1.807, 2.05) is 6.92 Å². The van der Waals surface area contributed by atoms with Crippen molar-refractivity contribution in [2.24, 2.45) is 23.2 Å². The Hall–Kier alpha value is -1.16. The van der Waals surface area contributed by atoms with Crippen LogP contribution < -0.4 is 0 Å². The van der Waals surface area contributed by atoms with Gasteiger partial charge in [-0.05, 0) is 55.9 Å². The summed E-state index contributed by atoms with van der Waals surface area (Å²) in [4.78, 5) is 22.7. The van der Waals surface area contributed by atoms with Crippen LogP contribution in [-0.4, -0.2) is 29.6 Å². The van der Waals surface area contributed by atoms with Gasteiger partial charge in [-0.25, -0.2) is 4.79 Å². The van der Waals surface area contributed by atoms with E-state index in [1.165, 1.54) is 0 Å². The van der Waals surface area contributed by atoms with Gasteiger partial charge >= 0.3 is 5.97 Å². The minimum Gasteiger partial charge on any atom is -0.458 e. The lowest BCUT2D eigenvalue weighted by atomic mass is 9.57. The highest BCUT2D eigenvalue weighted by Gasteiger charge is 2.60. The van der Waals surface area contributed by atoms with Gasteiger partial charge in [-0.15, -0.1) is 0 Å². The zero-order valence-corrected chi connectivity index (χ0v) is 13.5. The first-order valence-electron chi connectivity index (χ1n) is 8.48. The van der Waals surface area contributed by atoms with E-state index in [4.69, 9.17) is 4.74 Å². The average molecular weight is 306 g/mol. The maximum absolute atomic E-state index is 11.4. The van der Waals surface area contributed by atoms with Crippen molar-refractivity contribution in [2.75, 3.05) is 6.61 Å². The Kier molecular flexibility index (Phi) is 3.92. The van der Waals surface area contributed by atoms with Gasteiger partial charge in [-0.1, -0.05) is 13.8 Å². The van der Waals surface area contributed by atoms with Crippen LogP contribution in [0.2, 0.25) is 0 Å². The molecule has 0 radical (unpaired) electrons. The van der Waals surface area contributed by atoms with Gasteiger partial charge in [0.15, 0.2) is 0 Å². The van der Waals surface area contributed by atoms with Gasteiger partial charge in [-0.2, -0.15) is 0 Å². The molecule has 0 bridgehead atoms. The van der Waals surface area contributed by atoms with Crippen molar-refractivity contribution >= 4 is 12.3 Å². The zero-order chi connectivity index (χ0) is 16.0. The lowest BCUT2D eigenvalue weighted by Gasteiger charge is -2.50. The number of aldehydes is 1. The van der Waals surface area contributed by atoms with Gasteiger partial charge < -0.3 is 14.6 Å². The van der Waals surface area contributed by atoms with E-state index in [0.717, 1.165) is 44.0 Å². The Morgan fingerprint density at radius 2 is 2.23 bits per heavy atom. The van der Waals surface area contributed by atoms with Crippen LogP contribution in [0, 0.1) is 23.2 Å². The summed E-state index contributed by atoms with van der Waals surface area (Å²) in [6.07, 6.45) is 7.79. The molecule has 2 aliphatic carbocycles. The summed E-state index contributed by atoms with van der Waals surface area (Å²) >= 11 is 0. The Labute approximate surface area is 131 Å². The van der Waals surface area contributed by atoms with Crippen molar-refractivity contribution in [3.8, 4) is 0 Å². The molecule has 1 heterocycles. The van der Waals surface area contributed by atoms with Crippen LogP contribution in [0.4, 0.5) is 0 Å². The van der Waals surface area contributed by atoms with Crippen LogP contribution in [-0.2, 0) is 14.3 Å². The summed E-state index contributed by atoms with van der Waals surface area (Å²) in [6.45, 7) is 4.58. The van der Waals surface area contributed by atoms with Crippen molar-refractivity contribution in [3.05, 3.63) is 11.6 Å². The first-order chi connectivity index (χ1) is 10.4. The summed E-state index contributed by atoms with van der Waals surface area (Å²) in [6, 6.07) is 0. The molecule has 0 spiro atoms. The summed E-state index contributed by atoms with van der Waals surface area (Å²) in [5.41, 5.74) is 0.123. The number of carbonyl (C=O) groups is 2. The zero-order valence-electron chi connectivity index (χ0n) is 13.5.